The van der Waals surface area contributed by atoms with E-state index >= 15 is 0 Å². The van der Waals surface area contributed by atoms with Gasteiger partial charge in [-0.2, -0.15) is 0 Å². The van der Waals surface area contributed by atoms with Crippen LogP contribution in [0, 0.1) is 0 Å². The molecule has 14 rings (SSSR count). The summed E-state index contributed by atoms with van der Waals surface area (Å²) >= 11 is 4.00. The van der Waals surface area contributed by atoms with E-state index in [0.29, 0.717) is 0 Å². The summed E-state index contributed by atoms with van der Waals surface area (Å²) < 4.78 is 8.38. The monoisotopic (exact) mass is 1030 g/mol. The number of anilines is 2. The van der Waals surface area contributed by atoms with E-state index in [1.807, 2.05) is 22.7 Å². The maximum absolute atomic E-state index is 4.18. The first-order valence-corrected chi connectivity index (χ1v) is 30.1. The Balaban J connectivity index is 1.17. The molecule has 0 amide bonds. The molecule has 0 saturated carbocycles. The first-order valence-electron chi connectivity index (χ1n) is 28.5. The fraction of sp³-hybridized carbons (Fsp3) is 0.380. The number of hydrogen-bond acceptors (Lipinski definition) is 3. The molecule has 0 fully saturated rings. The van der Waals surface area contributed by atoms with Gasteiger partial charge in [-0.1, -0.05) is 153 Å². The Morgan fingerprint density at radius 3 is 1.71 bits per heavy atom. The minimum absolute atomic E-state index is 0.0222. The lowest BCUT2D eigenvalue weighted by molar-refractivity contribution is 0.332. The average molecular weight is 1030 g/mol. The zero-order chi connectivity index (χ0) is 53.3. The number of benzene rings is 7. The normalized spacial score (nSPS) is 18.4. The lowest BCUT2D eigenvalue weighted by Gasteiger charge is -2.42. The van der Waals surface area contributed by atoms with Gasteiger partial charge in [-0.15, -0.1) is 22.7 Å². The Morgan fingerprint density at radius 1 is 0.500 bits per heavy atom. The molecule has 1 aliphatic heterocycles. The number of rotatable bonds is 3. The quantitative estimate of drug-likeness (QED) is 0.175. The highest BCUT2D eigenvalue weighted by molar-refractivity contribution is 7.29. The summed E-state index contributed by atoms with van der Waals surface area (Å²) in [5.41, 5.74) is 25.3. The van der Waals surface area contributed by atoms with Gasteiger partial charge in [-0.25, -0.2) is 0 Å². The fourth-order valence-electron chi connectivity index (χ4n) is 14.9. The second kappa shape index (κ2) is 15.4. The van der Waals surface area contributed by atoms with Gasteiger partial charge in [0.05, 0.1) is 11.2 Å². The van der Waals surface area contributed by atoms with Crippen LogP contribution in [0.2, 0.25) is 0 Å². The van der Waals surface area contributed by atoms with Crippen LogP contribution in [0.3, 0.4) is 0 Å². The molecule has 0 spiro atoms. The molecule has 1 N–H and O–H groups in total. The van der Waals surface area contributed by atoms with Crippen molar-refractivity contribution in [3.05, 3.63) is 148 Å². The summed E-state index contributed by atoms with van der Waals surface area (Å²) in [5.74, 6) is 0. The van der Waals surface area contributed by atoms with Crippen LogP contribution >= 0.6 is 22.7 Å². The maximum Gasteiger partial charge on any atom is 0.211 e. The minimum atomic E-state index is -0.271. The van der Waals surface area contributed by atoms with E-state index < -0.39 is 0 Å². The van der Waals surface area contributed by atoms with Crippen LogP contribution in [0.5, 0.6) is 0 Å². The first-order chi connectivity index (χ1) is 35.6. The zero-order valence-corrected chi connectivity index (χ0v) is 49.7. The van der Waals surface area contributed by atoms with Gasteiger partial charge in [0.25, 0.3) is 0 Å². The molecule has 76 heavy (non-hydrogen) atoms. The van der Waals surface area contributed by atoms with Crippen molar-refractivity contribution in [2.45, 2.75) is 174 Å². The smallest absolute Gasteiger partial charge is 0.211 e. The van der Waals surface area contributed by atoms with Gasteiger partial charge >= 0.3 is 0 Å². The first kappa shape index (κ1) is 48.7. The van der Waals surface area contributed by atoms with E-state index in [4.69, 9.17) is 0 Å². The molecular weight excluding hydrogens is 956 g/mol. The van der Waals surface area contributed by atoms with E-state index in [9.17, 15) is 0 Å². The number of hydrogen-bond donors (Lipinski definition) is 1. The summed E-state index contributed by atoms with van der Waals surface area (Å²) in [6.07, 6.45) is 4.77. The Morgan fingerprint density at radius 2 is 1.07 bits per heavy atom. The molecule has 0 saturated heterocycles. The largest absolute Gasteiger partial charge is 0.355 e. The van der Waals surface area contributed by atoms with E-state index in [-0.39, 0.29) is 37.9 Å². The third kappa shape index (κ3) is 6.76. The molecule has 0 bridgehead atoms. The molecule has 4 aliphatic rings. The number of fused-ring (bicyclic) bond motifs is 16. The standard InChI is InChI=1S/C71H75BN2S2/c1-65(2,3)38-21-24-40(25-22-38)73-52-37-56-42(43-33-48-51(36-55(43)75-56)70(13,14)30-28-67(48,7)8)32-44(52)58-57-41-19-17-18-20-47(41)71(15,16)60(57)59-45-34-49-50(69(11,12)29-27-68(49,9)10)35-53(45)74-62-46-31-39(66(4,5)6)23-26-54(46)76-64(62)72-61(58)63(59)74/h17-26,31-37,72-73H,27-30H2,1-16H3. The van der Waals surface area contributed by atoms with Crippen molar-refractivity contribution in [3.8, 4) is 27.9 Å². The number of aromatic nitrogens is 1. The van der Waals surface area contributed by atoms with E-state index in [0.717, 1.165) is 13.0 Å². The van der Waals surface area contributed by atoms with Gasteiger partial charge in [0.2, 0.25) is 7.28 Å². The van der Waals surface area contributed by atoms with Crippen LogP contribution in [0.15, 0.2) is 103 Å². The predicted molar refractivity (Wildman–Crippen MR) is 336 cm³/mol. The molecule has 0 atom stereocenters. The van der Waals surface area contributed by atoms with Crippen molar-refractivity contribution >= 4 is 104 Å². The van der Waals surface area contributed by atoms with Crippen molar-refractivity contribution in [2.75, 3.05) is 5.32 Å². The number of nitrogens with one attached hydrogen (secondary N) is 1. The van der Waals surface area contributed by atoms with Gasteiger partial charge in [0.15, 0.2) is 0 Å². The summed E-state index contributed by atoms with van der Waals surface area (Å²) in [7, 11) is 0.868. The van der Waals surface area contributed by atoms with Gasteiger partial charge in [0.1, 0.15) is 0 Å². The van der Waals surface area contributed by atoms with Crippen LogP contribution in [-0.2, 0) is 37.9 Å². The zero-order valence-electron chi connectivity index (χ0n) is 48.1. The summed E-state index contributed by atoms with van der Waals surface area (Å²) in [6.45, 7) is 39.0. The van der Waals surface area contributed by atoms with Gasteiger partial charge < -0.3 is 9.88 Å². The Hall–Kier alpha value is -5.62. The molecule has 5 heteroatoms. The molecule has 3 aliphatic carbocycles. The highest BCUT2D eigenvalue weighted by Gasteiger charge is 2.46. The molecule has 0 radical (unpaired) electrons. The lowest BCUT2D eigenvalue weighted by Crippen LogP contribution is -2.36. The highest BCUT2D eigenvalue weighted by atomic mass is 32.1. The third-order valence-corrected chi connectivity index (χ3v) is 22.1. The highest BCUT2D eigenvalue weighted by Crippen LogP contribution is 2.59. The molecule has 384 valence electrons. The van der Waals surface area contributed by atoms with Crippen LogP contribution in [0.25, 0.3) is 80.0 Å². The summed E-state index contributed by atoms with van der Waals surface area (Å²) in [6, 6.07) is 41.9. The van der Waals surface area contributed by atoms with Crippen molar-refractivity contribution in [3.63, 3.8) is 0 Å². The lowest BCUT2D eigenvalue weighted by atomic mass is 9.61. The van der Waals surface area contributed by atoms with Crippen molar-refractivity contribution in [2.24, 2.45) is 0 Å². The Kier molecular flexibility index (Phi) is 9.84. The minimum Gasteiger partial charge on any atom is -0.355 e. The summed E-state index contributed by atoms with van der Waals surface area (Å²) in [5, 5.41) is 11.2. The van der Waals surface area contributed by atoms with Crippen LogP contribution in [-0.4, -0.2) is 11.8 Å². The van der Waals surface area contributed by atoms with Gasteiger partial charge in [0, 0.05) is 68.9 Å². The van der Waals surface area contributed by atoms with Crippen molar-refractivity contribution < 1.29 is 0 Å². The Labute approximate surface area is 460 Å². The number of nitrogens with zero attached hydrogens (tertiary/aromatic N) is 1. The SMILES string of the molecule is CC(C)(C)c1ccc(Nc2cc3sc4cc5c(cc4c3cc2-c2c3c(c4c6cc7c(cc6n6c4c2Bc2sc4ccc(C(C)(C)C)cc4c2-6)C(C)(C)CCC7(C)C)C(C)(C)c2ccccc2-3)C(C)(C)CCC5(C)C)cc1. The molecule has 7 aromatic carbocycles. The van der Waals surface area contributed by atoms with Crippen LogP contribution in [0.4, 0.5) is 11.4 Å². The van der Waals surface area contributed by atoms with Crippen LogP contribution in [0.1, 0.15) is 181 Å². The molecular formula is C71H75BN2S2. The van der Waals surface area contributed by atoms with Crippen molar-refractivity contribution in [1.82, 2.24) is 4.57 Å². The second-order valence-electron chi connectivity index (χ2n) is 29.1. The maximum atomic E-state index is 4.18. The van der Waals surface area contributed by atoms with E-state index in [1.54, 1.807) is 0 Å². The van der Waals surface area contributed by atoms with Crippen molar-refractivity contribution in [1.29, 1.82) is 0 Å². The van der Waals surface area contributed by atoms with Crippen LogP contribution < -0.4 is 15.6 Å². The third-order valence-electron chi connectivity index (χ3n) is 19.8. The van der Waals surface area contributed by atoms with Gasteiger partial charge in [-0.05, 0) is 190 Å². The molecule has 10 aromatic rings. The molecule has 0 unspecified atom stereocenters. The summed E-state index contributed by atoms with van der Waals surface area (Å²) in [4.78, 5) is 0. The second-order valence-corrected chi connectivity index (χ2v) is 31.4. The van der Waals surface area contributed by atoms with E-state index in [2.05, 4.69) is 224 Å². The average Bonchev–Trinajstić information content (AvgIpc) is 4.28. The fourth-order valence-corrected chi connectivity index (χ4v) is 17.2. The molecule has 2 nitrogen and oxygen atoms in total. The van der Waals surface area contributed by atoms with Gasteiger partial charge in [-0.3, -0.25) is 0 Å². The number of thiophene rings is 2. The Bertz CT molecular complexity index is 4200. The predicted octanol–water partition coefficient (Wildman–Crippen LogP) is 19.1. The topological polar surface area (TPSA) is 17.0 Å². The molecule has 4 heterocycles. The molecule has 3 aromatic heterocycles. The van der Waals surface area contributed by atoms with E-state index in [1.165, 1.54) is 166 Å².